The molecule has 1 saturated carbocycles. The van der Waals surface area contributed by atoms with Crippen molar-refractivity contribution >= 4 is 34.3 Å². The minimum absolute atomic E-state index is 0.110. The maximum absolute atomic E-state index is 12.8. The second-order valence-electron chi connectivity index (χ2n) is 7.43. The van der Waals surface area contributed by atoms with Crippen molar-refractivity contribution in [2.24, 2.45) is 0 Å². The Morgan fingerprint density at radius 3 is 2.80 bits per heavy atom. The van der Waals surface area contributed by atoms with E-state index in [4.69, 9.17) is 0 Å². The van der Waals surface area contributed by atoms with E-state index in [1.165, 1.54) is 16.3 Å². The lowest BCUT2D eigenvalue weighted by Crippen LogP contribution is -2.49. The quantitative estimate of drug-likeness (QED) is 0.484. The van der Waals surface area contributed by atoms with E-state index in [2.05, 4.69) is 28.2 Å². The van der Waals surface area contributed by atoms with Crippen LogP contribution in [0, 0.1) is 11.3 Å². The second kappa shape index (κ2) is 8.32. The molecule has 2 aromatic heterocycles. The number of benzene rings is 1. The molecule has 0 spiro atoms. The smallest absolute Gasteiger partial charge is 0.263 e. The van der Waals surface area contributed by atoms with Gasteiger partial charge >= 0.3 is 0 Å². The molecule has 1 aliphatic rings. The van der Waals surface area contributed by atoms with E-state index in [0.29, 0.717) is 41.2 Å². The highest BCUT2D eigenvalue weighted by molar-refractivity contribution is 7.99. The number of carbonyl (C=O) groups is 1. The lowest BCUT2D eigenvalue weighted by atomic mass is 9.83. The molecule has 0 unspecified atom stereocenters. The Hall–Kier alpha value is -3.12. The first-order valence-corrected chi connectivity index (χ1v) is 10.9. The number of thioether (sulfide) groups is 1. The third kappa shape index (κ3) is 3.59. The maximum atomic E-state index is 12.8. The summed E-state index contributed by atoms with van der Waals surface area (Å²) in [5, 5.41) is 22.0. The minimum Gasteiger partial charge on any atom is -0.337 e. The predicted molar refractivity (Wildman–Crippen MR) is 115 cm³/mol. The normalized spacial score (nSPS) is 15.7. The van der Waals surface area contributed by atoms with Gasteiger partial charge in [-0.2, -0.15) is 5.26 Å². The Balaban J connectivity index is 1.64. The van der Waals surface area contributed by atoms with E-state index in [-0.39, 0.29) is 17.2 Å². The molecule has 0 bridgehead atoms. The van der Waals surface area contributed by atoms with Gasteiger partial charge in [-0.05, 0) is 25.0 Å². The molecular weight excluding hydrogens is 400 g/mol. The predicted octanol–water partition coefficient (Wildman–Crippen LogP) is 2.66. The van der Waals surface area contributed by atoms with E-state index in [0.717, 1.165) is 19.3 Å². The SMILES string of the molecule is C=CCn1c(=O)c2ccccc2n2c(SCC(=O)NC3(C#N)CCCCC3)nnc12. The third-order valence-corrected chi connectivity index (χ3v) is 6.35. The molecule has 1 fully saturated rings. The number of nitrogens with one attached hydrogen (secondary N) is 1. The summed E-state index contributed by atoms with van der Waals surface area (Å²) in [5.74, 6) is 0.310. The molecule has 2 heterocycles. The molecular formula is C21H22N6O2S. The summed E-state index contributed by atoms with van der Waals surface area (Å²) in [5.41, 5.74) is -0.237. The van der Waals surface area contributed by atoms with Crippen molar-refractivity contribution < 1.29 is 4.79 Å². The van der Waals surface area contributed by atoms with Crippen LogP contribution in [-0.4, -0.2) is 36.4 Å². The highest BCUT2D eigenvalue weighted by atomic mass is 32.2. The number of carbonyl (C=O) groups excluding carboxylic acids is 1. The van der Waals surface area contributed by atoms with Crippen LogP contribution in [0.1, 0.15) is 32.1 Å². The average molecular weight is 423 g/mol. The minimum atomic E-state index is -0.764. The number of nitriles is 1. The molecule has 3 aromatic rings. The van der Waals surface area contributed by atoms with Crippen molar-refractivity contribution in [2.45, 2.75) is 49.3 Å². The first-order valence-electron chi connectivity index (χ1n) is 9.91. The van der Waals surface area contributed by atoms with Crippen molar-refractivity contribution in [3.63, 3.8) is 0 Å². The molecule has 30 heavy (non-hydrogen) atoms. The van der Waals surface area contributed by atoms with Gasteiger partial charge in [0, 0.05) is 6.54 Å². The number of allylic oxidation sites excluding steroid dienone is 1. The summed E-state index contributed by atoms with van der Waals surface area (Å²) in [4.78, 5) is 25.4. The third-order valence-electron chi connectivity index (χ3n) is 5.42. The molecule has 4 rings (SSSR count). The number of amides is 1. The Labute approximate surface area is 177 Å². The summed E-state index contributed by atoms with van der Waals surface area (Å²) >= 11 is 1.24. The van der Waals surface area contributed by atoms with Crippen LogP contribution in [-0.2, 0) is 11.3 Å². The zero-order chi connectivity index (χ0) is 21.1. The van der Waals surface area contributed by atoms with E-state index in [1.807, 2.05) is 18.2 Å². The van der Waals surface area contributed by atoms with Crippen LogP contribution in [0.4, 0.5) is 0 Å². The number of aromatic nitrogens is 4. The number of nitrogens with zero attached hydrogens (tertiary/aromatic N) is 5. The fraction of sp³-hybridized carbons (Fsp3) is 0.381. The molecule has 1 amide bonds. The van der Waals surface area contributed by atoms with Crippen LogP contribution in [0.5, 0.6) is 0 Å². The molecule has 1 N–H and O–H groups in total. The lowest BCUT2D eigenvalue weighted by molar-refractivity contribution is -0.120. The fourth-order valence-electron chi connectivity index (χ4n) is 3.97. The fourth-order valence-corrected chi connectivity index (χ4v) is 4.71. The van der Waals surface area contributed by atoms with Gasteiger partial charge in [0.1, 0.15) is 5.54 Å². The summed E-state index contributed by atoms with van der Waals surface area (Å²) in [7, 11) is 0. The van der Waals surface area contributed by atoms with Gasteiger partial charge in [-0.3, -0.25) is 18.6 Å². The first kappa shape index (κ1) is 20.2. The van der Waals surface area contributed by atoms with E-state index >= 15 is 0 Å². The van der Waals surface area contributed by atoms with Gasteiger partial charge in [-0.1, -0.05) is 49.2 Å². The lowest BCUT2D eigenvalue weighted by Gasteiger charge is -2.31. The van der Waals surface area contributed by atoms with Crippen molar-refractivity contribution in [1.29, 1.82) is 5.26 Å². The molecule has 1 aromatic carbocycles. The number of hydrogen-bond acceptors (Lipinski definition) is 6. The Morgan fingerprint density at radius 1 is 1.30 bits per heavy atom. The number of para-hydroxylation sites is 1. The van der Waals surface area contributed by atoms with Gasteiger partial charge in [0.25, 0.3) is 5.56 Å². The van der Waals surface area contributed by atoms with Crippen molar-refractivity contribution in [3.05, 3.63) is 47.3 Å². The first-order chi connectivity index (χ1) is 14.6. The van der Waals surface area contributed by atoms with Gasteiger partial charge in [0.05, 0.1) is 22.7 Å². The monoisotopic (exact) mass is 422 g/mol. The average Bonchev–Trinajstić information content (AvgIpc) is 3.20. The van der Waals surface area contributed by atoms with Crippen LogP contribution in [0.25, 0.3) is 16.7 Å². The molecule has 0 atom stereocenters. The zero-order valence-electron chi connectivity index (χ0n) is 16.5. The van der Waals surface area contributed by atoms with Crippen LogP contribution < -0.4 is 10.9 Å². The number of hydrogen-bond donors (Lipinski definition) is 1. The summed E-state index contributed by atoms with van der Waals surface area (Å²) in [6, 6.07) is 9.55. The topological polar surface area (TPSA) is 105 Å². The van der Waals surface area contributed by atoms with Gasteiger partial charge in [-0.25, -0.2) is 0 Å². The molecule has 9 heteroatoms. The van der Waals surface area contributed by atoms with Gasteiger partial charge < -0.3 is 5.32 Å². The van der Waals surface area contributed by atoms with E-state index in [1.54, 1.807) is 16.5 Å². The van der Waals surface area contributed by atoms with Crippen LogP contribution in [0.15, 0.2) is 46.9 Å². The Kier molecular flexibility index (Phi) is 5.59. The van der Waals surface area contributed by atoms with Crippen LogP contribution >= 0.6 is 11.8 Å². The van der Waals surface area contributed by atoms with Crippen molar-refractivity contribution in [1.82, 2.24) is 24.5 Å². The Bertz CT molecular complexity index is 1220. The molecule has 8 nitrogen and oxygen atoms in total. The van der Waals surface area contributed by atoms with Gasteiger partial charge in [0.2, 0.25) is 11.7 Å². The highest BCUT2D eigenvalue weighted by Gasteiger charge is 2.33. The summed E-state index contributed by atoms with van der Waals surface area (Å²) in [6.45, 7) is 4.03. The van der Waals surface area contributed by atoms with Crippen molar-refractivity contribution in [3.8, 4) is 6.07 Å². The molecule has 154 valence electrons. The van der Waals surface area contributed by atoms with E-state index < -0.39 is 5.54 Å². The molecule has 0 aliphatic heterocycles. The second-order valence-corrected chi connectivity index (χ2v) is 8.37. The molecule has 1 aliphatic carbocycles. The highest BCUT2D eigenvalue weighted by Crippen LogP contribution is 2.28. The molecule has 0 radical (unpaired) electrons. The van der Waals surface area contributed by atoms with E-state index in [9.17, 15) is 14.9 Å². The number of fused-ring (bicyclic) bond motifs is 3. The number of rotatable bonds is 6. The maximum Gasteiger partial charge on any atom is 0.263 e. The molecule has 0 saturated heterocycles. The van der Waals surface area contributed by atoms with Crippen LogP contribution in [0.3, 0.4) is 0 Å². The Morgan fingerprint density at radius 2 is 2.07 bits per heavy atom. The largest absolute Gasteiger partial charge is 0.337 e. The van der Waals surface area contributed by atoms with Crippen molar-refractivity contribution in [2.75, 3.05) is 5.75 Å². The standard InChI is InChI=1S/C21H22N6O2S/c1-2-12-26-18(29)15-8-4-5-9-16(15)27-19(26)24-25-20(27)30-13-17(28)23-21(14-22)10-6-3-7-11-21/h2,4-5,8-9H,1,3,6-7,10-13H2,(H,23,28). The van der Waals surface area contributed by atoms with Crippen LogP contribution in [0.2, 0.25) is 0 Å². The van der Waals surface area contributed by atoms with Gasteiger partial charge in [-0.15, -0.1) is 16.8 Å². The van der Waals surface area contributed by atoms with Gasteiger partial charge in [0.15, 0.2) is 5.16 Å². The summed E-state index contributed by atoms with van der Waals surface area (Å²) in [6.07, 6.45) is 6.00. The zero-order valence-corrected chi connectivity index (χ0v) is 17.3. The summed E-state index contributed by atoms with van der Waals surface area (Å²) < 4.78 is 3.30.